The molecule has 1 atom stereocenters. The molecule has 4 aromatic heterocycles. The summed E-state index contributed by atoms with van der Waals surface area (Å²) in [6.07, 6.45) is 17.6. The number of rotatable bonds is 34. The van der Waals surface area contributed by atoms with Gasteiger partial charge in [-0.15, -0.1) is 0 Å². The largest absolute Gasteiger partial charge is 0.486 e. The molecule has 6 aromatic rings. The Labute approximate surface area is 480 Å². The number of pyridine rings is 1. The number of carbonyl (C=O) groups is 2. The highest BCUT2D eigenvalue weighted by molar-refractivity contribution is 5.98. The number of hydrogen-bond acceptors (Lipinski definition) is 16. The zero-order chi connectivity index (χ0) is 57.8. The molecule has 1 saturated carbocycles. The van der Waals surface area contributed by atoms with Gasteiger partial charge in [0, 0.05) is 93.0 Å². The molecule has 8 rings (SSSR count). The lowest BCUT2D eigenvalue weighted by Gasteiger charge is -2.36. The van der Waals surface area contributed by atoms with Crippen molar-refractivity contribution in [1.29, 1.82) is 0 Å². The number of anilines is 2. The summed E-state index contributed by atoms with van der Waals surface area (Å²) in [6, 6.07) is 14.0. The van der Waals surface area contributed by atoms with Crippen LogP contribution in [0.4, 0.5) is 20.4 Å². The minimum Gasteiger partial charge on any atom is -0.486 e. The van der Waals surface area contributed by atoms with Crippen molar-refractivity contribution in [2.75, 3.05) is 117 Å². The Morgan fingerprint density at radius 3 is 2.32 bits per heavy atom. The van der Waals surface area contributed by atoms with Gasteiger partial charge in [-0.25, -0.2) is 28.2 Å². The number of ketones is 1. The summed E-state index contributed by atoms with van der Waals surface area (Å²) in [5.41, 5.74) is 13.9. The number of ether oxygens (including phenoxy) is 5. The lowest BCUT2D eigenvalue weighted by atomic mass is 9.93. The molecule has 82 heavy (non-hydrogen) atoms. The lowest BCUT2D eigenvalue weighted by molar-refractivity contribution is -0.125. The van der Waals surface area contributed by atoms with Crippen molar-refractivity contribution in [1.82, 2.24) is 39.3 Å². The SMILES string of the molecule is CCc1cnn2c(CCc3ccc(CCOCCOCCOCCOCCN(C)C/C=C/C(=O)N(C)CCOc4c(N)ncnc4-c4cc(F)cc(CC(=O)c5ccc(C6CC6)cc5F)c4C)nc3)cc(N3CCCC[C@H]3CCO)nc12. The van der Waals surface area contributed by atoms with E-state index in [4.69, 9.17) is 44.5 Å². The van der Waals surface area contributed by atoms with Gasteiger partial charge in [-0.2, -0.15) is 5.10 Å². The number of aliphatic hydroxyl groups excluding tert-OH is 1. The van der Waals surface area contributed by atoms with Crippen LogP contribution in [0.3, 0.4) is 0 Å². The van der Waals surface area contributed by atoms with Crippen LogP contribution >= 0.6 is 0 Å². The summed E-state index contributed by atoms with van der Waals surface area (Å²) < 4.78 is 61.0. The molecule has 440 valence electrons. The molecule has 5 heterocycles. The molecule has 3 N–H and O–H groups in total. The van der Waals surface area contributed by atoms with Crippen LogP contribution in [0.5, 0.6) is 5.75 Å². The Balaban J connectivity index is 0.643. The van der Waals surface area contributed by atoms with E-state index >= 15 is 4.39 Å². The zero-order valence-electron chi connectivity index (χ0n) is 48.0. The second-order valence-corrected chi connectivity index (χ2v) is 21.1. The van der Waals surface area contributed by atoms with E-state index in [1.165, 1.54) is 48.0 Å². The second-order valence-electron chi connectivity index (χ2n) is 21.1. The van der Waals surface area contributed by atoms with Gasteiger partial charge in [0.25, 0.3) is 0 Å². The molecule has 2 aliphatic rings. The van der Waals surface area contributed by atoms with E-state index in [-0.39, 0.29) is 54.9 Å². The molecule has 0 unspecified atom stereocenters. The maximum atomic E-state index is 15.1. The molecule has 18 nitrogen and oxygen atoms in total. The molecule has 2 aromatic carbocycles. The number of halogens is 2. The van der Waals surface area contributed by atoms with E-state index < -0.39 is 17.4 Å². The summed E-state index contributed by atoms with van der Waals surface area (Å²) in [4.78, 5) is 50.3. The molecule has 1 aliphatic heterocycles. The molecule has 1 saturated heterocycles. The van der Waals surface area contributed by atoms with E-state index in [1.807, 2.05) is 28.9 Å². The minimum atomic E-state index is -0.605. The van der Waals surface area contributed by atoms with E-state index in [0.717, 1.165) is 97.5 Å². The van der Waals surface area contributed by atoms with Crippen molar-refractivity contribution in [3.8, 4) is 17.0 Å². The average molecular weight is 1130 g/mol. The summed E-state index contributed by atoms with van der Waals surface area (Å²) in [5, 5.41) is 14.4. The predicted octanol–water partition coefficient (Wildman–Crippen LogP) is 7.78. The van der Waals surface area contributed by atoms with Gasteiger partial charge < -0.3 is 49.2 Å². The summed E-state index contributed by atoms with van der Waals surface area (Å²) in [7, 11) is 3.59. The number of nitrogens with two attached hydrogens (primary N) is 1. The fourth-order valence-electron chi connectivity index (χ4n) is 10.1. The molecule has 0 radical (unpaired) electrons. The summed E-state index contributed by atoms with van der Waals surface area (Å²) in [6.45, 7) is 10.2. The highest BCUT2D eigenvalue weighted by atomic mass is 19.1. The first-order valence-electron chi connectivity index (χ1n) is 28.8. The number of benzene rings is 2. The number of aliphatic hydroxyl groups is 1. The molecule has 0 bridgehead atoms. The number of carbonyl (C=O) groups excluding carboxylic acids is 2. The maximum absolute atomic E-state index is 15.1. The number of hydrogen-bond donors (Lipinski definition) is 2. The first kappa shape index (κ1) is 61.3. The third kappa shape index (κ3) is 17.4. The van der Waals surface area contributed by atoms with Gasteiger partial charge in [-0.05, 0) is 130 Å². The van der Waals surface area contributed by atoms with Crippen LogP contribution in [-0.4, -0.2) is 169 Å². The molecular weight excluding hydrogens is 1050 g/mol. The third-order valence-electron chi connectivity index (χ3n) is 15.1. The number of nitrogen functional groups attached to an aromatic ring is 1. The third-order valence-corrected chi connectivity index (χ3v) is 15.1. The number of piperidine rings is 1. The number of fused-ring (bicyclic) bond motifs is 1. The average Bonchev–Trinajstić information content (AvgIpc) is 4.31. The molecule has 1 amide bonds. The number of nitrogens with zero attached hydrogens (tertiary/aromatic N) is 9. The van der Waals surface area contributed by atoms with E-state index in [9.17, 15) is 19.1 Å². The first-order valence-corrected chi connectivity index (χ1v) is 28.8. The van der Waals surface area contributed by atoms with E-state index in [0.29, 0.717) is 101 Å². The van der Waals surface area contributed by atoms with Crippen molar-refractivity contribution < 1.29 is 47.2 Å². The van der Waals surface area contributed by atoms with Gasteiger partial charge in [0.15, 0.2) is 23.0 Å². The van der Waals surface area contributed by atoms with Gasteiger partial charge in [-0.1, -0.05) is 25.1 Å². The Morgan fingerprint density at radius 2 is 1.60 bits per heavy atom. The van der Waals surface area contributed by atoms with Crippen molar-refractivity contribution in [3.63, 3.8) is 0 Å². The number of likely N-dealkylation sites (N-methyl/N-ethyl adjacent to an activating group) is 2. The zero-order valence-corrected chi connectivity index (χ0v) is 48.0. The molecular formula is C62H80F2N10O8. The van der Waals surface area contributed by atoms with Gasteiger partial charge >= 0.3 is 0 Å². The van der Waals surface area contributed by atoms with Crippen LogP contribution in [0, 0.1) is 18.6 Å². The van der Waals surface area contributed by atoms with Crippen LogP contribution < -0.4 is 15.4 Å². The standard InChI is InChI=1S/C62H80F2N10O8/c1-5-45-41-69-74-52(39-57(70-62(45)74)73-22-7-6-9-51(73)19-25-75)17-12-44-11-16-50(66-40-44)20-26-78-29-31-80-33-34-81-32-30-79-27-23-71(3)21-8-10-58(77)72(4)24-28-82-60-59(67-42-68-61(60)65)54-38-49(63)35-48(43(54)2)37-56(76)53-18-15-47(36-55(53)64)46-13-14-46/h8,10-11,15-16,18,35-36,38-42,46,51,75H,5-7,9,12-14,17,19-34,37H2,1-4H3,(H2,65,67,68)/b10-8+/t51-/m0/s1. The summed E-state index contributed by atoms with van der Waals surface area (Å²) >= 11 is 0. The highest BCUT2D eigenvalue weighted by Crippen LogP contribution is 2.41. The van der Waals surface area contributed by atoms with Gasteiger partial charge in [0.2, 0.25) is 5.91 Å². The fourth-order valence-corrected chi connectivity index (χ4v) is 10.1. The van der Waals surface area contributed by atoms with Gasteiger partial charge in [0.05, 0.1) is 71.2 Å². The topological polar surface area (TPSA) is 205 Å². The monoisotopic (exact) mass is 1130 g/mol. The Morgan fingerprint density at radius 1 is 0.829 bits per heavy atom. The normalized spacial score (nSPS) is 14.6. The van der Waals surface area contributed by atoms with E-state index in [1.54, 1.807) is 26.1 Å². The van der Waals surface area contributed by atoms with Crippen LogP contribution in [0.1, 0.15) is 101 Å². The number of Topliss-reactive ketones (excluding diaryl/α,β-unsaturated/α-hetero) is 1. The second kappa shape index (κ2) is 31.0. The summed E-state index contributed by atoms with van der Waals surface area (Å²) in [5.74, 6) is -0.404. The van der Waals surface area contributed by atoms with Gasteiger partial charge in [-0.3, -0.25) is 14.6 Å². The molecule has 0 spiro atoms. The van der Waals surface area contributed by atoms with Crippen molar-refractivity contribution in [3.05, 3.63) is 136 Å². The quantitative estimate of drug-likeness (QED) is 0.0225. The molecule has 20 heteroatoms. The van der Waals surface area contributed by atoms with Crippen LogP contribution in [0.2, 0.25) is 0 Å². The first-order chi connectivity index (χ1) is 39.9. The molecule has 2 fully saturated rings. The Bertz CT molecular complexity index is 3060. The van der Waals surface area contributed by atoms with E-state index in [2.05, 4.69) is 40.0 Å². The number of aromatic nitrogens is 6. The smallest absolute Gasteiger partial charge is 0.246 e. The van der Waals surface area contributed by atoms with Crippen molar-refractivity contribution >= 4 is 29.0 Å². The van der Waals surface area contributed by atoms with Crippen LogP contribution in [-0.2, 0) is 55.8 Å². The van der Waals surface area contributed by atoms with Crippen LogP contribution in [0.25, 0.3) is 16.9 Å². The lowest BCUT2D eigenvalue weighted by Crippen LogP contribution is -2.40. The Hall–Kier alpha value is -6.81. The number of amides is 1. The van der Waals surface area contributed by atoms with Gasteiger partial charge in [0.1, 0.15) is 36.1 Å². The van der Waals surface area contributed by atoms with Crippen LogP contribution in [0.15, 0.2) is 79.4 Å². The fraction of sp³-hybridized carbons (Fsp3) is 0.500. The Kier molecular flexibility index (Phi) is 23.2. The minimum absolute atomic E-state index is 0.0262. The number of aryl methyl sites for hydroxylation is 3. The van der Waals surface area contributed by atoms with Crippen molar-refractivity contribution in [2.45, 2.75) is 96.4 Å². The highest BCUT2D eigenvalue weighted by Gasteiger charge is 2.27. The maximum Gasteiger partial charge on any atom is 0.246 e. The predicted molar refractivity (Wildman–Crippen MR) is 310 cm³/mol. The molecule has 1 aliphatic carbocycles. The van der Waals surface area contributed by atoms with Crippen molar-refractivity contribution in [2.24, 2.45) is 0 Å².